The molecule has 0 bridgehead atoms. The van der Waals surface area contributed by atoms with Gasteiger partial charge >= 0.3 is 0 Å². The van der Waals surface area contributed by atoms with Crippen LogP contribution in [0.2, 0.25) is 5.02 Å². The molecule has 0 radical (unpaired) electrons. The molecule has 6 N–H and O–H groups in total. The van der Waals surface area contributed by atoms with Crippen molar-refractivity contribution in [3.63, 3.8) is 0 Å². The molecule has 0 heterocycles. The number of anilines is 1. The van der Waals surface area contributed by atoms with Gasteiger partial charge in [0.15, 0.2) is 0 Å². The van der Waals surface area contributed by atoms with E-state index in [1.165, 1.54) is 12.1 Å². The molecule has 138 valence electrons. The first-order valence-corrected chi connectivity index (χ1v) is 8.79. The fourth-order valence-corrected chi connectivity index (χ4v) is 3.93. The maximum absolute atomic E-state index is 13.3. The first-order valence-electron chi connectivity index (χ1n) is 8.41. The summed E-state index contributed by atoms with van der Waals surface area (Å²) in [4.78, 5) is 27.2. The molecule has 2 aliphatic rings. The first-order chi connectivity index (χ1) is 12.3. The Morgan fingerprint density at radius 1 is 1.35 bits per heavy atom. The molecule has 2 aliphatic carbocycles. The molecule has 1 aromatic carbocycles. The highest BCUT2D eigenvalue weighted by Crippen LogP contribution is 2.48. The van der Waals surface area contributed by atoms with Gasteiger partial charge in [-0.25, -0.2) is 4.39 Å². The molecule has 3 rings (SSSR count). The van der Waals surface area contributed by atoms with Gasteiger partial charge in [-0.2, -0.15) is 0 Å². The van der Waals surface area contributed by atoms with Crippen molar-refractivity contribution < 1.29 is 19.0 Å². The quantitative estimate of drug-likeness (QED) is 0.342. The van der Waals surface area contributed by atoms with Gasteiger partial charge < -0.3 is 11.1 Å². The zero-order valence-electron chi connectivity index (χ0n) is 14.3. The van der Waals surface area contributed by atoms with Crippen LogP contribution in [0.4, 0.5) is 10.1 Å². The molecule has 26 heavy (non-hydrogen) atoms. The zero-order chi connectivity index (χ0) is 19.0. The van der Waals surface area contributed by atoms with Crippen molar-refractivity contribution in [1.82, 2.24) is 0 Å². The summed E-state index contributed by atoms with van der Waals surface area (Å²) < 4.78 is 13.3. The summed E-state index contributed by atoms with van der Waals surface area (Å²) in [6.45, 7) is 0. The Hall–Kier alpha value is -2.41. The number of nitrogens with one attached hydrogen (secondary N) is 2. The van der Waals surface area contributed by atoms with Crippen molar-refractivity contribution >= 4 is 34.8 Å². The lowest BCUT2D eigenvalue weighted by Gasteiger charge is -2.27. The highest BCUT2D eigenvalue weighted by atomic mass is 35.5. The molecule has 0 aromatic heterocycles. The lowest BCUT2D eigenvalue weighted by atomic mass is 9.75. The van der Waals surface area contributed by atoms with Crippen LogP contribution in [0.15, 0.2) is 29.5 Å². The van der Waals surface area contributed by atoms with E-state index < -0.39 is 11.7 Å². The summed E-state index contributed by atoms with van der Waals surface area (Å²) in [7, 11) is 1.59. The van der Waals surface area contributed by atoms with Gasteiger partial charge in [-0.15, -0.1) is 0 Å². The third-order valence-corrected chi connectivity index (χ3v) is 5.53. The molecule has 8 heteroatoms. The predicted octanol–water partition coefficient (Wildman–Crippen LogP) is 0.313. The molecule has 0 aliphatic heterocycles. The third kappa shape index (κ3) is 3.31. The Bertz CT molecular complexity index is 836. The number of benzene rings is 1. The smallest absolute Gasteiger partial charge is 0.280 e. The maximum Gasteiger partial charge on any atom is 0.280 e. The summed E-state index contributed by atoms with van der Waals surface area (Å²) in [6, 6.07) is 3.87. The van der Waals surface area contributed by atoms with Crippen LogP contribution < -0.4 is 21.8 Å². The molecule has 2 unspecified atom stereocenters. The minimum Gasteiger partial charge on any atom is -0.401 e. The number of carbonyl (C=O) groups excluding carboxylic acids is 2. The van der Waals surface area contributed by atoms with Crippen molar-refractivity contribution in [3.8, 4) is 0 Å². The number of hydrogen-bond donors (Lipinski definition) is 4. The number of allylic oxidation sites excluding steroid dienone is 1. The van der Waals surface area contributed by atoms with Gasteiger partial charge in [0.2, 0.25) is 0 Å². The monoisotopic (exact) mass is 379 g/mol. The fourth-order valence-electron chi connectivity index (χ4n) is 3.75. The van der Waals surface area contributed by atoms with E-state index in [0.717, 1.165) is 12.5 Å². The van der Waals surface area contributed by atoms with Gasteiger partial charge in [0.05, 0.1) is 12.1 Å². The number of halogens is 2. The van der Waals surface area contributed by atoms with Crippen LogP contribution in [0.3, 0.4) is 0 Å². The summed E-state index contributed by atoms with van der Waals surface area (Å²) in [5, 5.41) is 2.54. The predicted molar refractivity (Wildman–Crippen MR) is 96.7 cm³/mol. The van der Waals surface area contributed by atoms with E-state index in [-0.39, 0.29) is 34.1 Å². The van der Waals surface area contributed by atoms with Crippen LogP contribution in [0, 0.1) is 23.6 Å². The molecule has 1 amide bonds. The molecule has 0 saturated heterocycles. The topological polar surface area (TPSA) is 112 Å². The lowest BCUT2D eigenvalue weighted by Crippen LogP contribution is -2.72. The summed E-state index contributed by atoms with van der Waals surface area (Å²) >= 11 is 5.75. The van der Waals surface area contributed by atoms with Crippen molar-refractivity contribution in [3.05, 3.63) is 40.3 Å². The minimum absolute atomic E-state index is 0.0505. The van der Waals surface area contributed by atoms with Crippen molar-refractivity contribution in [2.75, 3.05) is 12.4 Å². The van der Waals surface area contributed by atoms with Gasteiger partial charge in [-0.3, -0.25) is 20.3 Å². The highest BCUT2D eigenvalue weighted by Gasteiger charge is 2.48. The molecule has 2 fully saturated rings. The number of nitrogens with two attached hydrogens (primary N) is 2. The standard InChI is InChI=1S/C18H20ClFN4O2/c1-23-17(22)15(16(21)9-4-8-6-14(25)11(8)5-9)18(26)24-10-2-3-13(20)12(19)7-10/h2-3,7-9,11H,4-6,21H2,1H3,(H2,22,23)(H,24,26)/p+1/b16-15+/t8?,9?,11-/m0/s1. The summed E-state index contributed by atoms with van der Waals surface area (Å²) in [5.74, 6) is -0.353. The van der Waals surface area contributed by atoms with Crippen LogP contribution >= 0.6 is 11.6 Å². The van der Waals surface area contributed by atoms with Crippen molar-refractivity contribution in [1.29, 1.82) is 0 Å². The Morgan fingerprint density at radius 3 is 2.65 bits per heavy atom. The van der Waals surface area contributed by atoms with Gasteiger partial charge in [0.25, 0.3) is 11.7 Å². The van der Waals surface area contributed by atoms with E-state index >= 15 is 0 Å². The summed E-state index contributed by atoms with van der Waals surface area (Å²) in [5.41, 5.74) is 13.1. The number of Topliss-reactive ketones (excluding diaryl/α,β-unsaturated/α-hetero) is 1. The van der Waals surface area contributed by atoms with Crippen LogP contribution in [0.5, 0.6) is 0 Å². The molecule has 1 aromatic rings. The van der Waals surface area contributed by atoms with Crippen molar-refractivity contribution in [2.24, 2.45) is 29.2 Å². The lowest BCUT2D eigenvalue weighted by molar-refractivity contribution is -0.420. The van der Waals surface area contributed by atoms with E-state index in [0.29, 0.717) is 30.1 Å². The van der Waals surface area contributed by atoms with Gasteiger partial charge in [0, 0.05) is 29.6 Å². The molecule has 2 saturated carbocycles. The van der Waals surface area contributed by atoms with Crippen LogP contribution in [-0.2, 0) is 9.59 Å². The average molecular weight is 380 g/mol. The Morgan fingerprint density at radius 2 is 2.08 bits per heavy atom. The van der Waals surface area contributed by atoms with Gasteiger partial charge in [-0.05, 0) is 37.0 Å². The number of rotatable bonds is 4. The molecular weight excluding hydrogens is 359 g/mol. The minimum atomic E-state index is -0.577. The molecule has 3 atom stereocenters. The second-order valence-corrected chi connectivity index (χ2v) is 7.19. The van der Waals surface area contributed by atoms with E-state index in [1.54, 1.807) is 7.05 Å². The number of amidine groups is 1. The van der Waals surface area contributed by atoms with Crippen LogP contribution in [-0.4, -0.2) is 24.6 Å². The Labute approximate surface area is 155 Å². The number of fused-ring (bicyclic) bond motifs is 1. The first kappa shape index (κ1) is 18.4. The van der Waals surface area contributed by atoms with E-state index in [4.69, 9.17) is 23.1 Å². The fraction of sp³-hybridized carbons (Fsp3) is 0.389. The second kappa shape index (κ2) is 7.07. The highest BCUT2D eigenvalue weighted by molar-refractivity contribution is 6.31. The number of amides is 1. The number of carbonyl (C=O) groups is 2. The van der Waals surface area contributed by atoms with E-state index in [1.807, 2.05) is 0 Å². The van der Waals surface area contributed by atoms with Gasteiger partial charge in [0.1, 0.15) is 17.2 Å². The SMILES string of the molecule is C[NH+]=C(N)/C(C(=O)Nc1ccc(F)c(Cl)c1)=C(\N)C1CC2CC(=O)[C@H]2C1. The van der Waals surface area contributed by atoms with Gasteiger partial charge in [-0.1, -0.05) is 11.6 Å². The average Bonchev–Trinajstić information content (AvgIpc) is 2.95. The third-order valence-electron chi connectivity index (χ3n) is 5.24. The second-order valence-electron chi connectivity index (χ2n) is 6.78. The molecular formula is C18H21ClFN4O2+. The maximum atomic E-state index is 13.3. The normalized spacial score (nSPS) is 26.0. The zero-order valence-corrected chi connectivity index (χ0v) is 15.1. The Balaban J connectivity index is 1.86. The molecule has 0 spiro atoms. The number of hydrogen-bond acceptors (Lipinski definition) is 3. The van der Waals surface area contributed by atoms with Crippen LogP contribution in [0.1, 0.15) is 19.3 Å². The van der Waals surface area contributed by atoms with Crippen molar-refractivity contribution in [2.45, 2.75) is 19.3 Å². The van der Waals surface area contributed by atoms with E-state index in [9.17, 15) is 14.0 Å². The molecule has 6 nitrogen and oxygen atoms in total. The Kier molecular flexibility index (Phi) is 5.00. The van der Waals surface area contributed by atoms with Crippen LogP contribution in [0.25, 0.3) is 0 Å². The largest absolute Gasteiger partial charge is 0.401 e. The summed E-state index contributed by atoms with van der Waals surface area (Å²) in [6.07, 6.45) is 2.01. The number of ketones is 1. The van der Waals surface area contributed by atoms with E-state index in [2.05, 4.69) is 10.3 Å².